The van der Waals surface area contributed by atoms with E-state index in [0.29, 0.717) is 12.6 Å². The number of piperidine rings is 1. The first-order valence-electron chi connectivity index (χ1n) is 5.51. The van der Waals surface area contributed by atoms with E-state index in [9.17, 15) is 13.2 Å². The molecule has 1 aliphatic rings. The summed E-state index contributed by atoms with van der Waals surface area (Å²) in [6.45, 7) is 3.19. The SMILES string of the molecule is COC(=O)NS(=O)(=O)NCC1CCC(C)NC1. The third-order valence-corrected chi connectivity index (χ3v) is 3.71. The molecule has 1 amide bonds. The van der Waals surface area contributed by atoms with Gasteiger partial charge >= 0.3 is 16.3 Å². The highest BCUT2D eigenvalue weighted by molar-refractivity contribution is 7.88. The van der Waals surface area contributed by atoms with Gasteiger partial charge in [-0.3, -0.25) is 0 Å². The van der Waals surface area contributed by atoms with Gasteiger partial charge in [-0.25, -0.2) is 9.52 Å². The maximum absolute atomic E-state index is 11.4. The average molecular weight is 265 g/mol. The van der Waals surface area contributed by atoms with E-state index in [2.05, 4.69) is 21.7 Å². The molecule has 1 aliphatic heterocycles. The Bertz CT molecular complexity index is 349. The second-order valence-corrected chi connectivity index (χ2v) is 5.70. The van der Waals surface area contributed by atoms with Crippen LogP contribution in [0.2, 0.25) is 0 Å². The lowest BCUT2D eigenvalue weighted by atomic mass is 9.96. The fourth-order valence-corrected chi connectivity index (χ4v) is 2.48. The highest BCUT2D eigenvalue weighted by Gasteiger charge is 2.20. The van der Waals surface area contributed by atoms with Crippen molar-refractivity contribution in [1.82, 2.24) is 14.8 Å². The van der Waals surface area contributed by atoms with Crippen LogP contribution in [0.4, 0.5) is 4.79 Å². The number of hydrogen-bond donors (Lipinski definition) is 3. The molecule has 100 valence electrons. The van der Waals surface area contributed by atoms with Crippen molar-refractivity contribution < 1.29 is 17.9 Å². The zero-order chi connectivity index (χ0) is 12.9. The van der Waals surface area contributed by atoms with Crippen LogP contribution < -0.4 is 14.8 Å². The van der Waals surface area contributed by atoms with E-state index in [-0.39, 0.29) is 5.92 Å². The number of nitrogens with one attached hydrogen (secondary N) is 3. The molecule has 0 radical (unpaired) electrons. The van der Waals surface area contributed by atoms with Gasteiger partial charge in [-0.2, -0.15) is 13.1 Å². The Balaban J connectivity index is 2.32. The average Bonchev–Trinajstić information content (AvgIpc) is 2.28. The number of amides is 1. The minimum Gasteiger partial charge on any atom is -0.452 e. The number of ether oxygens (including phenoxy) is 1. The molecule has 2 atom stereocenters. The van der Waals surface area contributed by atoms with E-state index in [1.165, 1.54) is 0 Å². The standard InChI is InChI=1S/C9H19N3O4S/c1-7-3-4-8(5-10-7)6-11-17(14,15)12-9(13)16-2/h7-8,10-11H,3-6H2,1-2H3,(H,12,13). The lowest BCUT2D eigenvalue weighted by Gasteiger charge is -2.27. The van der Waals surface area contributed by atoms with Crippen molar-refractivity contribution in [2.45, 2.75) is 25.8 Å². The molecule has 0 aromatic rings. The molecule has 0 spiro atoms. The summed E-state index contributed by atoms with van der Waals surface area (Å²) in [7, 11) is -2.70. The van der Waals surface area contributed by atoms with Crippen molar-refractivity contribution in [3.63, 3.8) is 0 Å². The molecule has 0 bridgehead atoms. The molecule has 1 rings (SSSR count). The Labute approximate surface area is 101 Å². The molecular formula is C9H19N3O4S. The van der Waals surface area contributed by atoms with Gasteiger partial charge in [-0.15, -0.1) is 0 Å². The van der Waals surface area contributed by atoms with E-state index in [4.69, 9.17) is 0 Å². The molecule has 8 heteroatoms. The van der Waals surface area contributed by atoms with Crippen molar-refractivity contribution in [2.24, 2.45) is 5.92 Å². The second kappa shape index (κ2) is 6.18. The van der Waals surface area contributed by atoms with Crippen LogP contribution in [0.1, 0.15) is 19.8 Å². The first-order chi connectivity index (χ1) is 7.93. The van der Waals surface area contributed by atoms with Crippen molar-refractivity contribution in [3.8, 4) is 0 Å². The molecule has 1 saturated heterocycles. The van der Waals surface area contributed by atoms with E-state index in [1.807, 2.05) is 0 Å². The van der Waals surface area contributed by atoms with E-state index in [0.717, 1.165) is 26.5 Å². The summed E-state index contributed by atoms with van der Waals surface area (Å²) < 4.78 is 31.0. The van der Waals surface area contributed by atoms with Gasteiger partial charge in [0.15, 0.2) is 0 Å². The summed E-state index contributed by atoms with van der Waals surface area (Å²) in [4.78, 5) is 10.8. The van der Waals surface area contributed by atoms with Gasteiger partial charge in [-0.05, 0) is 32.2 Å². The van der Waals surface area contributed by atoms with Crippen LogP contribution in [0.15, 0.2) is 0 Å². The van der Waals surface area contributed by atoms with Gasteiger partial charge in [0.25, 0.3) is 0 Å². The topological polar surface area (TPSA) is 96.5 Å². The molecule has 0 aromatic carbocycles. The van der Waals surface area contributed by atoms with Gasteiger partial charge in [0, 0.05) is 12.6 Å². The number of rotatable bonds is 4. The van der Waals surface area contributed by atoms with Gasteiger partial charge in [0.1, 0.15) is 0 Å². The number of hydrogen-bond acceptors (Lipinski definition) is 5. The Hall–Kier alpha value is -0.860. The Morgan fingerprint density at radius 3 is 2.71 bits per heavy atom. The van der Waals surface area contributed by atoms with Crippen LogP contribution in [-0.2, 0) is 14.9 Å². The van der Waals surface area contributed by atoms with E-state index < -0.39 is 16.3 Å². The summed E-state index contributed by atoms with van der Waals surface area (Å²) in [6.07, 6.45) is 0.999. The summed E-state index contributed by atoms with van der Waals surface area (Å²) in [5, 5.41) is 3.27. The van der Waals surface area contributed by atoms with Gasteiger partial charge in [-0.1, -0.05) is 0 Å². The maximum Gasteiger partial charge on any atom is 0.421 e. The molecule has 0 saturated carbocycles. The lowest BCUT2D eigenvalue weighted by Crippen LogP contribution is -2.45. The van der Waals surface area contributed by atoms with Crippen molar-refractivity contribution in [2.75, 3.05) is 20.2 Å². The molecule has 1 fully saturated rings. The van der Waals surface area contributed by atoms with Crippen LogP contribution in [0.3, 0.4) is 0 Å². The normalized spacial score (nSPS) is 25.3. The molecule has 3 N–H and O–H groups in total. The fraction of sp³-hybridized carbons (Fsp3) is 0.889. The largest absolute Gasteiger partial charge is 0.452 e. The highest BCUT2D eigenvalue weighted by atomic mass is 32.2. The van der Waals surface area contributed by atoms with E-state index >= 15 is 0 Å². The number of carbonyl (C=O) groups is 1. The van der Waals surface area contributed by atoms with Crippen molar-refractivity contribution in [1.29, 1.82) is 0 Å². The van der Waals surface area contributed by atoms with Gasteiger partial charge < -0.3 is 10.1 Å². The number of methoxy groups -OCH3 is 1. The first-order valence-corrected chi connectivity index (χ1v) is 7.00. The molecular weight excluding hydrogens is 246 g/mol. The summed E-state index contributed by atoms with van der Waals surface area (Å²) in [5.41, 5.74) is 0. The zero-order valence-electron chi connectivity index (χ0n) is 10.0. The minimum atomic E-state index is -3.81. The molecule has 1 heterocycles. The molecule has 2 unspecified atom stereocenters. The Morgan fingerprint density at radius 2 is 2.18 bits per heavy atom. The third kappa shape index (κ3) is 5.33. The summed E-state index contributed by atoms with van der Waals surface area (Å²) in [6, 6.07) is 0.482. The second-order valence-electron chi connectivity index (χ2n) is 4.20. The third-order valence-electron chi connectivity index (χ3n) is 2.73. The Kier molecular flexibility index (Phi) is 5.16. The van der Waals surface area contributed by atoms with Crippen LogP contribution in [0.5, 0.6) is 0 Å². The van der Waals surface area contributed by atoms with Crippen molar-refractivity contribution >= 4 is 16.3 Å². The zero-order valence-corrected chi connectivity index (χ0v) is 10.8. The number of carbonyl (C=O) groups excluding carboxylic acids is 1. The lowest BCUT2D eigenvalue weighted by molar-refractivity contribution is 0.177. The van der Waals surface area contributed by atoms with Crippen LogP contribution in [-0.4, -0.2) is 40.8 Å². The summed E-state index contributed by atoms with van der Waals surface area (Å²) >= 11 is 0. The molecule has 17 heavy (non-hydrogen) atoms. The van der Waals surface area contributed by atoms with Crippen molar-refractivity contribution in [3.05, 3.63) is 0 Å². The first kappa shape index (κ1) is 14.2. The molecule has 0 aromatic heterocycles. The van der Waals surface area contributed by atoms with Gasteiger partial charge in [0.2, 0.25) is 0 Å². The minimum absolute atomic E-state index is 0.250. The molecule has 0 aliphatic carbocycles. The van der Waals surface area contributed by atoms with Crippen LogP contribution in [0, 0.1) is 5.92 Å². The van der Waals surface area contributed by atoms with Crippen LogP contribution >= 0.6 is 0 Å². The Morgan fingerprint density at radius 1 is 1.47 bits per heavy atom. The van der Waals surface area contributed by atoms with Crippen LogP contribution in [0.25, 0.3) is 0 Å². The summed E-state index contributed by atoms with van der Waals surface area (Å²) in [5.74, 6) is 0.250. The quantitative estimate of drug-likeness (QED) is 0.640. The fourth-order valence-electron chi connectivity index (χ4n) is 1.65. The highest BCUT2D eigenvalue weighted by Crippen LogP contribution is 2.13. The maximum atomic E-state index is 11.4. The predicted octanol–water partition coefficient (Wildman–Crippen LogP) is -0.435. The van der Waals surface area contributed by atoms with E-state index in [1.54, 1.807) is 4.72 Å². The monoisotopic (exact) mass is 265 g/mol. The molecule has 7 nitrogen and oxygen atoms in total. The smallest absolute Gasteiger partial charge is 0.421 e. The van der Waals surface area contributed by atoms with Gasteiger partial charge in [0.05, 0.1) is 7.11 Å². The predicted molar refractivity (Wildman–Crippen MR) is 62.7 cm³/mol.